The predicted octanol–water partition coefficient (Wildman–Crippen LogP) is 5.40. The molecule has 2 aromatic carbocycles. The highest BCUT2D eigenvalue weighted by Gasteiger charge is 2.49. The minimum Gasteiger partial charge on any atom is -0.493 e. The van der Waals surface area contributed by atoms with Crippen LogP contribution in [0.25, 0.3) is 22.4 Å². The third-order valence-electron chi connectivity index (χ3n) is 7.08. The first-order valence-electron chi connectivity index (χ1n) is 11.9. The van der Waals surface area contributed by atoms with Crippen molar-refractivity contribution in [1.82, 2.24) is 4.57 Å². The number of fused-ring (bicyclic) bond motifs is 6. The zero-order valence-electron chi connectivity index (χ0n) is 20.4. The van der Waals surface area contributed by atoms with Gasteiger partial charge in [0, 0.05) is 60.0 Å². The van der Waals surface area contributed by atoms with Gasteiger partial charge >= 0.3 is 5.97 Å². The van der Waals surface area contributed by atoms with Crippen LogP contribution in [0, 0.1) is 0 Å². The Kier molecular flexibility index (Phi) is 6.41. The van der Waals surface area contributed by atoms with Gasteiger partial charge in [-0.3, -0.25) is 4.79 Å². The fourth-order valence-electron chi connectivity index (χ4n) is 5.43. The molecule has 188 valence electrons. The van der Waals surface area contributed by atoms with E-state index in [2.05, 4.69) is 0 Å². The lowest BCUT2D eigenvalue weighted by molar-refractivity contribution is 0.0145. The lowest BCUT2D eigenvalue weighted by Crippen LogP contribution is -2.36. The fourth-order valence-corrected chi connectivity index (χ4v) is 5.67. The maximum atomic E-state index is 12.8. The number of carboxylic acids is 1. The summed E-state index contributed by atoms with van der Waals surface area (Å²) in [7, 11) is 1.66. The van der Waals surface area contributed by atoms with Crippen LogP contribution in [0.2, 0.25) is 5.02 Å². The molecule has 36 heavy (non-hydrogen) atoms. The molecule has 0 bridgehead atoms. The van der Waals surface area contributed by atoms with Gasteiger partial charge < -0.3 is 23.9 Å². The molecule has 3 aromatic rings. The van der Waals surface area contributed by atoms with E-state index in [1.807, 2.05) is 54.8 Å². The van der Waals surface area contributed by atoms with Gasteiger partial charge in [-0.15, -0.1) is 0 Å². The minimum atomic E-state index is -1.24. The van der Waals surface area contributed by atoms with E-state index < -0.39 is 17.0 Å². The Bertz CT molecular complexity index is 1400. The number of benzene rings is 2. The van der Waals surface area contributed by atoms with E-state index in [0.717, 1.165) is 28.7 Å². The van der Waals surface area contributed by atoms with E-state index >= 15 is 0 Å². The van der Waals surface area contributed by atoms with E-state index in [9.17, 15) is 14.7 Å². The highest BCUT2D eigenvalue weighted by atomic mass is 35.5. The number of hydrogen-bond acceptors (Lipinski definition) is 5. The van der Waals surface area contributed by atoms with Gasteiger partial charge in [-0.1, -0.05) is 29.8 Å². The van der Waals surface area contributed by atoms with Crippen molar-refractivity contribution in [3.8, 4) is 28.1 Å². The topological polar surface area (TPSA) is 87.0 Å². The van der Waals surface area contributed by atoms with Crippen LogP contribution in [0.1, 0.15) is 48.1 Å². The highest BCUT2D eigenvalue weighted by Crippen LogP contribution is 2.54. The first kappa shape index (κ1) is 24.6. The molecule has 5 rings (SSSR count). The first-order chi connectivity index (χ1) is 17.2. The Morgan fingerprint density at radius 1 is 1.17 bits per heavy atom. The fraction of sp³-hybridized carbons (Fsp3) is 0.357. The van der Waals surface area contributed by atoms with Crippen molar-refractivity contribution in [2.45, 2.75) is 37.8 Å². The third-order valence-corrected chi connectivity index (χ3v) is 7.41. The summed E-state index contributed by atoms with van der Waals surface area (Å²) in [5.41, 5.74) is 2.75. The average Bonchev–Trinajstić information content (AvgIpc) is 3.17. The number of rotatable bonds is 7. The van der Waals surface area contributed by atoms with Crippen LogP contribution in [0.5, 0.6) is 5.75 Å². The summed E-state index contributed by atoms with van der Waals surface area (Å²) >= 11 is 6.59. The molecule has 0 spiro atoms. The molecule has 1 saturated heterocycles. The molecule has 1 fully saturated rings. The molecule has 0 saturated carbocycles. The molecule has 1 N–H and O–H groups in total. The van der Waals surface area contributed by atoms with Crippen LogP contribution in [-0.2, 0) is 9.47 Å². The van der Waals surface area contributed by atoms with Gasteiger partial charge in [-0.2, -0.15) is 0 Å². The Morgan fingerprint density at radius 3 is 2.67 bits per heavy atom. The Hall–Kier alpha value is -3.13. The van der Waals surface area contributed by atoms with Gasteiger partial charge in [0.15, 0.2) is 5.43 Å². The molecule has 0 radical (unpaired) electrons. The summed E-state index contributed by atoms with van der Waals surface area (Å²) < 4.78 is 19.5. The zero-order valence-corrected chi connectivity index (χ0v) is 21.2. The molecule has 3 heterocycles. The van der Waals surface area contributed by atoms with E-state index in [1.165, 1.54) is 12.3 Å². The normalized spacial score (nSPS) is 19.3. The van der Waals surface area contributed by atoms with Gasteiger partial charge in [0.2, 0.25) is 0 Å². The van der Waals surface area contributed by atoms with Crippen LogP contribution in [-0.4, -0.2) is 48.2 Å². The number of aromatic carboxylic acids is 1. The number of hydrogen-bond donors (Lipinski definition) is 1. The molecule has 0 unspecified atom stereocenters. The van der Waals surface area contributed by atoms with Gasteiger partial charge in [-0.25, -0.2) is 4.79 Å². The number of nitrogens with zero attached hydrogens (tertiary/aromatic N) is 1. The minimum absolute atomic E-state index is 0.0479. The number of carbonyl (C=O) groups is 1. The maximum Gasteiger partial charge on any atom is 0.341 e. The van der Waals surface area contributed by atoms with Crippen molar-refractivity contribution in [3.05, 3.63) is 75.0 Å². The second-order valence-electron chi connectivity index (χ2n) is 9.73. The summed E-state index contributed by atoms with van der Waals surface area (Å²) in [6.45, 7) is 5.50. The Morgan fingerprint density at radius 2 is 1.94 bits per heavy atom. The molecule has 0 aliphatic carbocycles. The monoisotopic (exact) mass is 509 g/mol. The molecule has 2 atom stereocenters. The van der Waals surface area contributed by atoms with Gasteiger partial charge in [0.05, 0.1) is 30.6 Å². The molecule has 2 aliphatic heterocycles. The number of methoxy groups -OCH3 is 1. The van der Waals surface area contributed by atoms with Crippen molar-refractivity contribution in [2.24, 2.45) is 0 Å². The largest absolute Gasteiger partial charge is 0.493 e. The number of aromatic nitrogens is 1. The van der Waals surface area contributed by atoms with Crippen LogP contribution in [0.3, 0.4) is 0 Å². The van der Waals surface area contributed by atoms with Crippen LogP contribution in [0.4, 0.5) is 0 Å². The number of ether oxygens (including phenoxy) is 3. The molecule has 0 amide bonds. The molecule has 8 heteroatoms. The van der Waals surface area contributed by atoms with Crippen molar-refractivity contribution < 1.29 is 24.1 Å². The standard InChI is InChI=1S/C28H28ClNO6/c1-28(2)26-21(15-36-28)17-12-25(35-10-6-9-34-3)19(16-7-4-5-8-22(16)29)11-18(17)23-13-24(31)20(27(32)33)14-30(23)26/h4-5,7-8,11-14,21,26H,6,9-10,15H2,1-3H3,(H,32,33)/t21-,26+/m1/s1. The molecule has 2 aliphatic rings. The van der Waals surface area contributed by atoms with Crippen LogP contribution >= 0.6 is 11.6 Å². The Labute approximate surface area is 214 Å². The van der Waals surface area contributed by atoms with Gasteiger partial charge in [-0.05, 0) is 37.6 Å². The third kappa shape index (κ3) is 4.11. The van der Waals surface area contributed by atoms with Crippen LogP contribution in [0.15, 0.2) is 53.5 Å². The molecular formula is C28H28ClNO6. The second-order valence-corrected chi connectivity index (χ2v) is 10.1. The van der Waals surface area contributed by atoms with Crippen molar-refractivity contribution in [3.63, 3.8) is 0 Å². The highest BCUT2D eigenvalue weighted by molar-refractivity contribution is 6.33. The second kappa shape index (κ2) is 9.39. The smallest absolute Gasteiger partial charge is 0.341 e. The van der Waals surface area contributed by atoms with Gasteiger partial charge in [0.1, 0.15) is 11.3 Å². The van der Waals surface area contributed by atoms with E-state index in [1.54, 1.807) is 7.11 Å². The SMILES string of the molecule is COCCCOc1cc2c(cc1-c1ccccc1Cl)-c1cc(=O)c(C(=O)O)cn1[C@H]1[C@@H]2COC1(C)C. The predicted molar refractivity (Wildman–Crippen MR) is 137 cm³/mol. The molecular weight excluding hydrogens is 482 g/mol. The lowest BCUT2D eigenvalue weighted by Gasteiger charge is -2.38. The van der Waals surface area contributed by atoms with Gasteiger partial charge in [0.25, 0.3) is 0 Å². The quantitative estimate of drug-likeness (QED) is 0.429. The van der Waals surface area contributed by atoms with E-state index in [0.29, 0.717) is 36.3 Å². The summed E-state index contributed by atoms with van der Waals surface area (Å²) in [6.07, 6.45) is 2.19. The lowest BCUT2D eigenvalue weighted by atomic mass is 9.78. The summed E-state index contributed by atoms with van der Waals surface area (Å²) in [6, 6.07) is 12.8. The van der Waals surface area contributed by atoms with Crippen LogP contribution < -0.4 is 10.2 Å². The van der Waals surface area contributed by atoms with Crippen molar-refractivity contribution in [1.29, 1.82) is 0 Å². The summed E-state index contributed by atoms with van der Waals surface area (Å²) in [4.78, 5) is 24.6. The number of pyridine rings is 1. The van der Waals surface area contributed by atoms with Crippen molar-refractivity contribution >= 4 is 17.6 Å². The maximum absolute atomic E-state index is 12.8. The Balaban J connectivity index is 1.75. The number of carboxylic acid groups (broad SMARTS) is 1. The van der Waals surface area contributed by atoms with Crippen molar-refractivity contribution in [2.75, 3.05) is 26.9 Å². The van der Waals surface area contributed by atoms with E-state index in [4.69, 9.17) is 25.8 Å². The zero-order chi connectivity index (χ0) is 25.6. The first-order valence-corrected chi connectivity index (χ1v) is 12.3. The van der Waals surface area contributed by atoms with E-state index in [-0.39, 0.29) is 17.5 Å². The molecule has 7 nitrogen and oxygen atoms in total. The average molecular weight is 510 g/mol. The molecule has 1 aromatic heterocycles. The summed E-state index contributed by atoms with van der Waals surface area (Å²) in [5, 5.41) is 10.2. The summed E-state index contributed by atoms with van der Waals surface area (Å²) in [5.74, 6) is -0.599. The number of halogens is 1.